The molecule has 1 saturated carbocycles. The van der Waals surface area contributed by atoms with Gasteiger partial charge in [0.05, 0.1) is 24.7 Å². The van der Waals surface area contributed by atoms with E-state index in [0.29, 0.717) is 5.69 Å². The van der Waals surface area contributed by atoms with E-state index in [1.54, 1.807) is 29.1 Å². The van der Waals surface area contributed by atoms with Gasteiger partial charge in [-0.05, 0) is 37.1 Å². The number of carbonyl (C=O) groups excluding carboxylic acids is 2. The summed E-state index contributed by atoms with van der Waals surface area (Å²) in [6.45, 7) is 0. The van der Waals surface area contributed by atoms with Gasteiger partial charge in [0.2, 0.25) is 5.91 Å². The molecule has 1 aliphatic rings. The van der Waals surface area contributed by atoms with Crippen LogP contribution in [0.5, 0.6) is 0 Å². The molecule has 2 atom stereocenters. The summed E-state index contributed by atoms with van der Waals surface area (Å²) in [6.07, 6.45) is 4.93. The van der Waals surface area contributed by atoms with Gasteiger partial charge in [0.1, 0.15) is 5.82 Å². The number of nitrogens with zero attached hydrogens (tertiary/aromatic N) is 3. The van der Waals surface area contributed by atoms with Gasteiger partial charge >= 0.3 is 0 Å². The minimum absolute atomic E-state index is 0.142. The molecule has 9 heteroatoms. The second kappa shape index (κ2) is 9.91. The maximum Gasteiger partial charge on any atom is 0.277 e. The van der Waals surface area contributed by atoms with Crippen molar-refractivity contribution in [1.82, 2.24) is 20.3 Å². The molecule has 0 saturated heterocycles. The van der Waals surface area contributed by atoms with Gasteiger partial charge < -0.3 is 10.6 Å². The number of anilines is 1. The molecule has 1 heterocycles. The molecule has 0 radical (unpaired) electrons. The predicted octanol–water partition coefficient (Wildman–Crippen LogP) is 4.17. The van der Waals surface area contributed by atoms with E-state index in [1.807, 2.05) is 18.2 Å². The summed E-state index contributed by atoms with van der Waals surface area (Å²) < 4.78 is 15.7. The average molecular weight is 456 g/mol. The molecule has 2 unspecified atom stereocenters. The first kappa shape index (κ1) is 22.0. The molecule has 32 heavy (non-hydrogen) atoms. The quantitative estimate of drug-likeness (QED) is 0.584. The molecule has 2 amide bonds. The van der Waals surface area contributed by atoms with Gasteiger partial charge in [0, 0.05) is 16.3 Å². The summed E-state index contributed by atoms with van der Waals surface area (Å²) in [5.74, 6) is -1.16. The van der Waals surface area contributed by atoms with Crippen LogP contribution in [0.3, 0.4) is 0 Å². The van der Waals surface area contributed by atoms with E-state index in [-0.39, 0.29) is 46.6 Å². The van der Waals surface area contributed by atoms with Gasteiger partial charge in [-0.3, -0.25) is 9.59 Å². The molecule has 1 fully saturated rings. The maximum atomic E-state index is 14.0. The average Bonchev–Trinajstić information content (AvgIpc) is 3.28. The van der Waals surface area contributed by atoms with Crippen LogP contribution >= 0.6 is 11.6 Å². The Kier molecular flexibility index (Phi) is 6.80. The first-order chi connectivity index (χ1) is 15.5. The third-order valence-corrected chi connectivity index (χ3v) is 5.94. The van der Waals surface area contributed by atoms with Crippen molar-refractivity contribution >= 4 is 29.1 Å². The van der Waals surface area contributed by atoms with Crippen LogP contribution in [0.2, 0.25) is 5.02 Å². The van der Waals surface area contributed by atoms with E-state index in [2.05, 4.69) is 20.9 Å². The minimum atomic E-state index is -0.502. The Labute approximate surface area is 190 Å². The van der Waals surface area contributed by atoms with E-state index < -0.39 is 5.82 Å². The molecule has 1 aromatic heterocycles. The lowest BCUT2D eigenvalue weighted by Gasteiger charge is -2.32. The zero-order valence-electron chi connectivity index (χ0n) is 17.3. The fraction of sp³-hybridized carbons (Fsp3) is 0.304. The number of rotatable bonds is 6. The van der Waals surface area contributed by atoms with Crippen LogP contribution in [-0.4, -0.2) is 32.9 Å². The summed E-state index contributed by atoms with van der Waals surface area (Å²) >= 11 is 6.05. The molecule has 166 valence electrons. The summed E-state index contributed by atoms with van der Waals surface area (Å²) in [5, 5.41) is 14.2. The van der Waals surface area contributed by atoms with E-state index in [4.69, 9.17) is 11.6 Å². The molecule has 0 bridgehead atoms. The zero-order valence-corrected chi connectivity index (χ0v) is 18.1. The molecule has 7 nitrogen and oxygen atoms in total. The molecule has 0 spiro atoms. The lowest BCUT2D eigenvalue weighted by atomic mass is 9.90. The van der Waals surface area contributed by atoms with Crippen molar-refractivity contribution in [2.45, 2.75) is 44.2 Å². The number of aromatic nitrogens is 3. The number of para-hydroxylation sites is 1. The van der Waals surface area contributed by atoms with Gasteiger partial charge in [0.15, 0.2) is 5.69 Å². The van der Waals surface area contributed by atoms with Crippen LogP contribution in [0.15, 0.2) is 54.7 Å². The minimum Gasteiger partial charge on any atom is -0.351 e. The van der Waals surface area contributed by atoms with Gasteiger partial charge in [-0.1, -0.05) is 53.9 Å². The predicted molar refractivity (Wildman–Crippen MR) is 119 cm³/mol. The van der Waals surface area contributed by atoms with Crippen LogP contribution in [0, 0.1) is 5.82 Å². The van der Waals surface area contributed by atoms with E-state index in [0.717, 1.165) is 25.7 Å². The standard InChI is InChI=1S/C23H23ClFN5O2/c24-17-9-6-10-18(25)16(17)13-22(31)27-19-11-4-5-12-21(19)30-14-20(28-29-30)23(32)26-15-7-2-1-3-8-15/h1-3,6-10,14,19,21H,4-5,11-13H2,(H,26,32)(H,27,31). The van der Waals surface area contributed by atoms with Crippen molar-refractivity contribution in [3.8, 4) is 0 Å². The number of hydrogen-bond donors (Lipinski definition) is 2. The van der Waals surface area contributed by atoms with Gasteiger partial charge in [-0.2, -0.15) is 0 Å². The Bertz CT molecular complexity index is 1080. The second-order valence-corrected chi connectivity index (χ2v) is 8.21. The number of amides is 2. The summed E-state index contributed by atoms with van der Waals surface area (Å²) in [7, 11) is 0. The monoisotopic (exact) mass is 455 g/mol. The zero-order chi connectivity index (χ0) is 22.5. The number of carbonyl (C=O) groups is 2. The summed E-state index contributed by atoms with van der Waals surface area (Å²) in [4.78, 5) is 25.1. The Morgan fingerprint density at radius 3 is 2.66 bits per heavy atom. The highest BCUT2D eigenvalue weighted by Gasteiger charge is 2.30. The van der Waals surface area contributed by atoms with Crippen molar-refractivity contribution in [3.63, 3.8) is 0 Å². The molecule has 1 aliphatic carbocycles. The van der Waals surface area contributed by atoms with Crippen LogP contribution in [0.25, 0.3) is 0 Å². The highest BCUT2D eigenvalue weighted by molar-refractivity contribution is 6.31. The van der Waals surface area contributed by atoms with Crippen LogP contribution in [0.4, 0.5) is 10.1 Å². The number of benzene rings is 2. The molecule has 2 N–H and O–H groups in total. The highest BCUT2D eigenvalue weighted by Crippen LogP contribution is 2.29. The maximum absolute atomic E-state index is 14.0. The Morgan fingerprint density at radius 2 is 1.88 bits per heavy atom. The van der Waals surface area contributed by atoms with Crippen molar-refractivity contribution in [3.05, 3.63) is 76.8 Å². The normalized spacial score (nSPS) is 18.2. The van der Waals surface area contributed by atoms with Gasteiger partial charge in [-0.25, -0.2) is 9.07 Å². The Balaban J connectivity index is 1.43. The van der Waals surface area contributed by atoms with Crippen LogP contribution in [-0.2, 0) is 11.2 Å². The smallest absolute Gasteiger partial charge is 0.277 e. The number of nitrogens with one attached hydrogen (secondary N) is 2. The first-order valence-corrected chi connectivity index (χ1v) is 10.9. The van der Waals surface area contributed by atoms with Crippen molar-refractivity contribution in [2.75, 3.05) is 5.32 Å². The van der Waals surface area contributed by atoms with Crippen molar-refractivity contribution in [1.29, 1.82) is 0 Å². The highest BCUT2D eigenvalue weighted by atomic mass is 35.5. The molecular formula is C23H23ClFN5O2. The summed E-state index contributed by atoms with van der Waals surface area (Å²) in [6, 6.07) is 13.1. The molecule has 4 rings (SSSR count). The molecule has 0 aliphatic heterocycles. The third-order valence-electron chi connectivity index (χ3n) is 5.59. The molecule has 2 aromatic carbocycles. The fourth-order valence-corrected chi connectivity index (χ4v) is 4.21. The number of hydrogen-bond acceptors (Lipinski definition) is 4. The molecule has 3 aromatic rings. The second-order valence-electron chi connectivity index (χ2n) is 7.81. The van der Waals surface area contributed by atoms with Gasteiger partial charge in [-0.15, -0.1) is 5.10 Å². The largest absolute Gasteiger partial charge is 0.351 e. The lowest BCUT2D eigenvalue weighted by Crippen LogP contribution is -2.44. The Hall–Kier alpha value is -3.26. The topological polar surface area (TPSA) is 88.9 Å². The fourth-order valence-electron chi connectivity index (χ4n) is 3.98. The van der Waals surface area contributed by atoms with E-state index >= 15 is 0 Å². The SMILES string of the molecule is O=C(Cc1c(F)cccc1Cl)NC1CCCCC1n1cc(C(=O)Nc2ccccc2)nn1. The Morgan fingerprint density at radius 1 is 1.09 bits per heavy atom. The summed E-state index contributed by atoms with van der Waals surface area (Å²) in [5.41, 5.74) is 1.05. The lowest BCUT2D eigenvalue weighted by molar-refractivity contribution is -0.121. The first-order valence-electron chi connectivity index (χ1n) is 10.5. The third kappa shape index (κ3) is 5.13. The molecular weight excluding hydrogens is 433 g/mol. The van der Waals surface area contributed by atoms with E-state index in [9.17, 15) is 14.0 Å². The number of halogens is 2. The van der Waals surface area contributed by atoms with E-state index in [1.165, 1.54) is 12.1 Å². The van der Waals surface area contributed by atoms with Gasteiger partial charge in [0.25, 0.3) is 5.91 Å². The van der Waals surface area contributed by atoms with Crippen molar-refractivity contribution < 1.29 is 14.0 Å². The van der Waals surface area contributed by atoms with Crippen LogP contribution < -0.4 is 10.6 Å². The van der Waals surface area contributed by atoms with Crippen LogP contribution in [0.1, 0.15) is 47.8 Å². The van der Waals surface area contributed by atoms with Crippen molar-refractivity contribution in [2.24, 2.45) is 0 Å².